The van der Waals surface area contributed by atoms with Crippen molar-refractivity contribution >= 4 is 22.4 Å². The van der Waals surface area contributed by atoms with Gasteiger partial charge in [0, 0.05) is 12.0 Å². The molecule has 0 amide bonds. The Morgan fingerprint density at radius 3 is 3.00 bits per heavy atom. The molecule has 0 radical (unpaired) electrons. The number of nitrogen functional groups attached to an aromatic ring is 1. The molecule has 1 aliphatic heterocycles. The highest BCUT2D eigenvalue weighted by Crippen LogP contribution is 2.47. The van der Waals surface area contributed by atoms with E-state index in [1.165, 1.54) is 35.5 Å². The van der Waals surface area contributed by atoms with Crippen molar-refractivity contribution in [2.75, 3.05) is 17.6 Å². The van der Waals surface area contributed by atoms with Crippen molar-refractivity contribution in [1.29, 1.82) is 0 Å². The third kappa shape index (κ3) is 2.12. The Morgan fingerprint density at radius 2 is 2.20 bits per heavy atom. The number of nitrogens with zero attached hydrogens (tertiary/aromatic N) is 1. The number of rotatable bonds is 4. The number of para-hydroxylation sites is 1. The van der Waals surface area contributed by atoms with Crippen LogP contribution in [0, 0.1) is 0 Å². The fourth-order valence-corrected chi connectivity index (χ4v) is 3.58. The number of hydrogen-bond donors (Lipinski definition) is 2. The number of aromatic nitrogens is 1. The van der Waals surface area contributed by atoms with Gasteiger partial charge >= 0.3 is 0 Å². The second-order valence-electron chi connectivity index (χ2n) is 5.52. The van der Waals surface area contributed by atoms with Crippen LogP contribution in [-0.4, -0.2) is 17.0 Å². The van der Waals surface area contributed by atoms with Gasteiger partial charge in [0.15, 0.2) is 0 Å². The van der Waals surface area contributed by atoms with Crippen molar-refractivity contribution in [1.82, 2.24) is 4.37 Å². The van der Waals surface area contributed by atoms with Gasteiger partial charge in [-0.05, 0) is 41.9 Å². The first-order chi connectivity index (χ1) is 9.81. The van der Waals surface area contributed by atoms with Gasteiger partial charge in [-0.1, -0.05) is 18.2 Å². The second kappa shape index (κ2) is 4.66. The number of nitrogens with two attached hydrogens (primary N) is 1. The lowest BCUT2D eigenvalue weighted by molar-refractivity contribution is 0.246. The zero-order chi connectivity index (χ0) is 13.5. The van der Waals surface area contributed by atoms with Crippen molar-refractivity contribution in [3.63, 3.8) is 0 Å². The third-order valence-electron chi connectivity index (χ3n) is 3.95. The summed E-state index contributed by atoms with van der Waals surface area (Å²) >= 11 is 1.47. The summed E-state index contributed by atoms with van der Waals surface area (Å²) in [6.07, 6.45) is 3.64. The van der Waals surface area contributed by atoms with Crippen LogP contribution in [0.5, 0.6) is 5.75 Å². The summed E-state index contributed by atoms with van der Waals surface area (Å²) in [6.45, 7) is 0.802. The molecule has 1 saturated carbocycles. The minimum absolute atomic E-state index is 0.197. The highest BCUT2D eigenvalue weighted by Gasteiger charge is 2.31. The van der Waals surface area contributed by atoms with E-state index in [1.54, 1.807) is 0 Å². The van der Waals surface area contributed by atoms with E-state index < -0.39 is 0 Å². The van der Waals surface area contributed by atoms with Crippen LogP contribution in [0.25, 0.3) is 0 Å². The number of anilines is 2. The highest BCUT2D eigenvalue weighted by atomic mass is 32.1. The summed E-state index contributed by atoms with van der Waals surface area (Å²) in [5.41, 5.74) is 8.49. The van der Waals surface area contributed by atoms with Gasteiger partial charge in [-0.25, -0.2) is 0 Å². The van der Waals surface area contributed by atoms with Gasteiger partial charge in [-0.15, -0.1) is 0 Å². The average molecular weight is 287 g/mol. The molecule has 1 aromatic carbocycles. The predicted molar refractivity (Wildman–Crippen MR) is 81.6 cm³/mol. The zero-order valence-electron chi connectivity index (χ0n) is 11.1. The minimum atomic E-state index is 0.197. The molecule has 104 valence electrons. The van der Waals surface area contributed by atoms with E-state index in [-0.39, 0.29) is 6.10 Å². The minimum Gasteiger partial charge on any atom is -0.488 e. The normalized spacial score (nSPS) is 20.5. The molecule has 1 aromatic heterocycles. The summed E-state index contributed by atoms with van der Waals surface area (Å²) in [5.74, 6) is 2.35. The van der Waals surface area contributed by atoms with Gasteiger partial charge in [0.2, 0.25) is 0 Å². The molecule has 2 heterocycles. The first kappa shape index (κ1) is 12.0. The fraction of sp³-hybridized carbons (Fsp3) is 0.400. The molecular weight excluding hydrogens is 270 g/mol. The molecule has 3 N–H and O–H groups in total. The van der Waals surface area contributed by atoms with Gasteiger partial charge in [-0.3, -0.25) is 0 Å². The Labute approximate surface area is 122 Å². The Balaban J connectivity index is 1.42. The summed E-state index contributed by atoms with van der Waals surface area (Å²) in [7, 11) is 0. The Morgan fingerprint density at radius 1 is 1.35 bits per heavy atom. The summed E-state index contributed by atoms with van der Waals surface area (Å²) in [4.78, 5) is 0. The Hall–Kier alpha value is -1.75. The second-order valence-corrected chi connectivity index (χ2v) is 6.29. The number of benzene rings is 1. The number of fused-ring (bicyclic) bond motifs is 1. The maximum absolute atomic E-state index is 5.96. The first-order valence-electron chi connectivity index (χ1n) is 7.04. The lowest BCUT2D eigenvalue weighted by atomic mass is 10.1. The Bertz CT molecular complexity index is 611. The van der Waals surface area contributed by atoms with Crippen LogP contribution in [-0.2, 0) is 6.42 Å². The number of ether oxygens (including phenoxy) is 1. The van der Waals surface area contributed by atoms with Crippen LogP contribution in [0.15, 0.2) is 24.3 Å². The van der Waals surface area contributed by atoms with E-state index in [4.69, 9.17) is 10.5 Å². The molecule has 0 bridgehead atoms. The van der Waals surface area contributed by atoms with Crippen molar-refractivity contribution in [2.24, 2.45) is 0 Å². The van der Waals surface area contributed by atoms with Gasteiger partial charge in [0.25, 0.3) is 0 Å². The lowest BCUT2D eigenvalue weighted by Crippen LogP contribution is -2.23. The van der Waals surface area contributed by atoms with Crippen LogP contribution in [0.3, 0.4) is 0 Å². The third-order valence-corrected chi connectivity index (χ3v) is 4.78. The molecule has 0 saturated heterocycles. The van der Waals surface area contributed by atoms with Crippen molar-refractivity contribution in [2.45, 2.75) is 31.3 Å². The molecular formula is C15H17N3OS. The maximum atomic E-state index is 5.96. The maximum Gasteiger partial charge on any atom is 0.142 e. The van der Waals surface area contributed by atoms with Crippen molar-refractivity contribution < 1.29 is 4.74 Å². The Kier molecular flexibility index (Phi) is 2.80. The molecule has 20 heavy (non-hydrogen) atoms. The van der Waals surface area contributed by atoms with E-state index in [9.17, 15) is 0 Å². The summed E-state index contributed by atoms with van der Waals surface area (Å²) in [5, 5.41) is 4.61. The molecule has 0 spiro atoms. The van der Waals surface area contributed by atoms with Crippen molar-refractivity contribution in [3.8, 4) is 5.75 Å². The van der Waals surface area contributed by atoms with E-state index in [0.717, 1.165) is 23.7 Å². The number of nitrogens with one attached hydrogen (secondary N) is 1. The van der Waals surface area contributed by atoms with Crippen LogP contribution >= 0.6 is 11.5 Å². The van der Waals surface area contributed by atoms with Gasteiger partial charge < -0.3 is 15.8 Å². The monoisotopic (exact) mass is 287 g/mol. The average Bonchev–Trinajstić information content (AvgIpc) is 3.09. The van der Waals surface area contributed by atoms with Crippen LogP contribution in [0.4, 0.5) is 10.8 Å². The molecule has 2 aromatic rings. The van der Waals surface area contributed by atoms with Crippen LogP contribution in [0.2, 0.25) is 0 Å². The van der Waals surface area contributed by atoms with E-state index >= 15 is 0 Å². The predicted octanol–water partition coefficient (Wildman–Crippen LogP) is 3.02. The molecule has 1 fully saturated rings. The van der Waals surface area contributed by atoms with E-state index in [2.05, 4.69) is 21.8 Å². The molecule has 1 aliphatic carbocycles. The van der Waals surface area contributed by atoms with Gasteiger partial charge in [0.05, 0.1) is 6.54 Å². The standard InChI is InChI=1S/C15H17N3OS/c16-14-13(9-5-6-9)15(20-18-14)17-8-11-7-10-3-1-2-4-12(10)19-11/h1-4,9,11,17H,5-8H2,(H2,16,18). The van der Waals surface area contributed by atoms with Crippen LogP contribution in [0.1, 0.15) is 29.9 Å². The molecule has 5 heteroatoms. The van der Waals surface area contributed by atoms with Crippen LogP contribution < -0.4 is 15.8 Å². The van der Waals surface area contributed by atoms with E-state index in [1.807, 2.05) is 12.1 Å². The number of hydrogen-bond acceptors (Lipinski definition) is 5. The molecule has 2 aliphatic rings. The fourth-order valence-electron chi connectivity index (χ4n) is 2.78. The summed E-state index contributed by atoms with van der Waals surface area (Å²) in [6, 6.07) is 8.25. The lowest BCUT2D eigenvalue weighted by Gasteiger charge is -2.12. The SMILES string of the molecule is Nc1nsc(NCC2Cc3ccccc3O2)c1C1CC1. The van der Waals surface area contributed by atoms with Gasteiger partial charge in [0.1, 0.15) is 22.7 Å². The topological polar surface area (TPSA) is 60.2 Å². The highest BCUT2D eigenvalue weighted by molar-refractivity contribution is 7.10. The molecule has 1 atom stereocenters. The largest absolute Gasteiger partial charge is 0.488 e. The quantitative estimate of drug-likeness (QED) is 0.907. The molecule has 1 unspecified atom stereocenters. The summed E-state index contributed by atoms with van der Waals surface area (Å²) < 4.78 is 10.2. The zero-order valence-corrected chi connectivity index (χ0v) is 12.0. The van der Waals surface area contributed by atoms with Crippen molar-refractivity contribution in [3.05, 3.63) is 35.4 Å². The van der Waals surface area contributed by atoms with E-state index in [0.29, 0.717) is 11.7 Å². The molecule has 4 nitrogen and oxygen atoms in total. The smallest absolute Gasteiger partial charge is 0.142 e. The molecule has 4 rings (SSSR count). The van der Waals surface area contributed by atoms with Gasteiger partial charge in [-0.2, -0.15) is 4.37 Å². The first-order valence-corrected chi connectivity index (χ1v) is 7.82.